The minimum atomic E-state index is -2.28. The summed E-state index contributed by atoms with van der Waals surface area (Å²) in [6.45, 7) is 2.29. The van der Waals surface area contributed by atoms with Crippen LogP contribution < -0.4 is 9.80 Å². The third-order valence-corrected chi connectivity index (χ3v) is 12.1. The molecule has 2 aliphatic rings. The highest BCUT2D eigenvalue weighted by Gasteiger charge is 2.46. The van der Waals surface area contributed by atoms with Gasteiger partial charge < -0.3 is 9.80 Å². The number of rotatable bonds is 5. The van der Waals surface area contributed by atoms with E-state index in [0.717, 1.165) is 50.3 Å². The largest absolute Gasteiger partial charge is 0.355 e. The van der Waals surface area contributed by atoms with E-state index < -0.39 is 12.4 Å². The Morgan fingerprint density at radius 3 is 2.02 bits per heavy atom. The van der Waals surface area contributed by atoms with E-state index in [1.54, 1.807) is 0 Å². The predicted octanol–water partition coefficient (Wildman–Crippen LogP) is 12.4. The number of benzene rings is 7. The molecule has 3 heterocycles. The molecule has 0 fully saturated rings. The summed E-state index contributed by atoms with van der Waals surface area (Å²) < 4.78 is 27.5. The van der Waals surface area contributed by atoms with Crippen molar-refractivity contribution in [2.75, 3.05) is 23.4 Å². The van der Waals surface area contributed by atoms with E-state index in [9.17, 15) is 0 Å². The molecule has 0 unspecified atom stereocenters. The average Bonchev–Trinajstić information content (AvgIpc) is 3.91. The van der Waals surface area contributed by atoms with E-state index in [1.165, 1.54) is 49.2 Å². The summed E-state index contributed by atoms with van der Waals surface area (Å²) in [6.07, 6.45) is 1.93. The van der Waals surface area contributed by atoms with Gasteiger partial charge >= 0.3 is 0 Å². The zero-order chi connectivity index (χ0) is 40.0. The Morgan fingerprint density at radius 1 is 0.571 bits per heavy atom. The first-order chi connectivity index (χ1) is 28.7. The number of anilines is 3. The van der Waals surface area contributed by atoms with E-state index in [0.29, 0.717) is 5.69 Å². The van der Waals surface area contributed by atoms with E-state index in [2.05, 4.69) is 169 Å². The SMILES string of the molecule is [2H]C([2H])([2H])N1CN(c2cccc(C3(c4ccc5c6ccccc6n(-c6cc(-c7c(C)cccc7C)ccn6)c5c4)c4ccccc4-c4ccccc43)c2)c2ccccc21. The van der Waals surface area contributed by atoms with Crippen LogP contribution in [0.25, 0.3) is 49.9 Å². The summed E-state index contributed by atoms with van der Waals surface area (Å²) in [7, 11) is 0. The van der Waals surface area contributed by atoms with Gasteiger partial charge in [0.1, 0.15) is 5.82 Å². The highest BCUT2D eigenvalue weighted by molar-refractivity contribution is 6.09. The summed E-state index contributed by atoms with van der Waals surface area (Å²) in [6, 6.07) is 60.5. The number of nitrogens with zero attached hydrogens (tertiary/aromatic N) is 4. The predicted molar refractivity (Wildman–Crippen MR) is 233 cm³/mol. The molecule has 0 N–H and O–H groups in total. The molecule has 1 aliphatic carbocycles. The van der Waals surface area contributed by atoms with Crippen LogP contribution >= 0.6 is 0 Å². The van der Waals surface area contributed by atoms with Crippen LogP contribution in [0.3, 0.4) is 0 Å². The van der Waals surface area contributed by atoms with Crippen molar-refractivity contribution in [3.05, 3.63) is 209 Å². The summed E-state index contributed by atoms with van der Waals surface area (Å²) in [4.78, 5) is 8.69. The molecule has 56 heavy (non-hydrogen) atoms. The smallest absolute Gasteiger partial charge is 0.138 e. The number of pyridine rings is 1. The van der Waals surface area contributed by atoms with Gasteiger partial charge in [0.2, 0.25) is 0 Å². The van der Waals surface area contributed by atoms with Gasteiger partial charge in [-0.05, 0) is 118 Å². The molecule has 0 saturated heterocycles. The number of para-hydroxylation sites is 3. The molecule has 7 aromatic carbocycles. The van der Waals surface area contributed by atoms with Gasteiger partial charge in [-0.15, -0.1) is 0 Å². The van der Waals surface area contributed by atoms with Crippen molar-refractivity contribution in [1.29, 1.82) is 0 Å². The van der Waals surface area contributed by atoms with Crippen molar-refractivity contribution in [3.8, 4) is 28.1 Å². The van der Waals surface area contributed by atoms with Gasteiger partial charge in [-0.25, -0.2) is 4.98 Å². The van der Waals surface area contributed by atoms with Crippen LogP contribution in [0.1, 0.15) is 37.5 Å². The molecule has 9 aromatic rings. The Bertz CT molecular complexity index is 3080. The molecule has 4 heteroatoms. The lowest BCUT2D eigenvalue weighted by atomic mass is 9.67. The molecule has 1 aliphatic heterocycles. The normalized spacial score (nSPS) is 15.0. The number of hydrogen-bond donors (Lipinski definition) is 0. The van der Waals surface area contributed by atoms with Gasteiger partial charge in [0.05, 0.1) is 34.5 Å². The number of aryl methyl sites for hydroxylation is 2. The fourth-order valence-electron chi connectivity index (χ4n) is 9.78. The maximum Gasteiger partial charge on any atom is 0.138 e. The van der Waals surface area contributed by atoms with Crippen LogP contribution in [0, 0.1) is 13.8 Å². The van der Waals surface area contributed by atoms with Crippen LogP contribution in [-0.2, 0) is 5.41 Å². The Balaban J connectivity index is 1.17. The Labute approximate surface area is 331 Å². The molecule has 2 aromatic heterocycles. The molecule has 268 valence electrons. The quantitative estimate of drug-likeness (QED) is 0.177. The van der Waals surface area contributed by atoms with Gasteiger partial charge in [0, 0.05) is 33.7 Å². The molecule has 0 radical (unpaired) electrons. The van der Waals surface area contributed by atoms with Gasteiger partial charge in [0.15, 0.2) is 0 Å². The van der Waals surface area contributed by atoms with Crippen molar-refractivity contribution < 1.29 is 4.11 Å². The summed E-state index contributed by atoms with van der Waals surface area (Å²) in [5.41, 5.74) is 15.9. The van der Waals surface area contributed by atoms with Gasteiger partial charge in [-0.2, -0.15) is 0 Å². The maximum absolute atomic E-state index is 8.38. The maximum atomic E-state index is 8.38. The second-order valence-electron chi connectivity index (χ2n) is 15.1. The Kier molecular flexibility index (Phi) is 6.47. The fraction of sp³-hybridized carbons (Fsp3) is 0.0962. The van der Waals surface area contributed by atoms with Crippen molar-refractivity contribution in [2.24, 2.45) is 0 Å². The second kappa shape index (κ2) is 12.3. The monoisotopic (exact) mass is 723 g/mol. The third kappa shape index (κ3) is 4.56. The number of hydrogen-bond acceptors (Lipinski definition) is 3. The minimum Gasteiger partial charge on any atom is -0.355 e. The zero-order valence-corrected chi connectivity index (χ0v) is 31.2. The molecule has 0 atom stereocenters. The molecular weight excluding hydrogens is 681 g/mol. The standard InChI is InChI=1S/C52H40N4/c1-34-14-12-15-35(2)51(34)36-28-29-53-50(30-36)56-46-23-9-6-20-42(46)43-27-26-38(32-49(43)56)52(44-21-7-4-18-40(44)41-19-5-8-22-45(41)52)37-16-13-17-39(31-37)55-33-54(3)47-24-10-11-25-48(47)55/h4-32H,33H2,1-3H3/i3D3. The lowest BCUT2D eigenvalue weighted by Gasteiger charge is -2.35. The van der Waals surface area contributed by atoms with Crippen LogP contribution in [-0.4, -0.2) is 23.2 Å². The Morgan fingerprint density at radius 2 is 1.23 bits per heavy atom. The zero-order valence-electron chi connectivity index (χ0n) is 34.2. The first-order valence-electron chi connectivity index (χ1n) is 20.7. The average molecular weight is 724 g/mol. The van der Waals surface area contributed by atoms with Crippen molar-refractivity contribution in [2.45, 2.75) is 19.3 Å². The lowest BCUT2D eigenvalue weighted by molar-refractivity contribution is 0.768. The summed E-state index contributed by atoms with van der Waals surface area (Å²) in [5.74, 6) is 0.864. The van der Waals surface area contributed by atoms with Gasteiger partial charge in [-0.3, -0.25) is 4.57 Å². The Hall–Kier alpha value is -6.91. The molecular formula is C52H40N4. The molecule has 0 amide bonds. The topological polar surface area (TPSA) is 24.3 Å². The molecule has 0 saturated carbocycles. The number of fused-ring (bicyclic) bond motifs is 7. The number of aromatic nitrogens is 2. The lowest BCUT2D eigenvalue weighted by Crippen LogP contribution is -2.29. The van der Waals surface area contributed by atoms with Crippen LogP contribution in [0.4, 0.5) is 17.1 Å². The highest BCUT2D eigenvalue weighted by Crippen LogP contribution is 2.57. The van der Waals surface area contributed by atoms with Crippen LogP contribution in [0.5, 0.6) is 0 Å². The molecule has 0 bridgehead atoms. The molecule has 11 rings (SSSR count). The molecule has 0 spiro atoms. The summed E-state index contributed by atoms with van der Waals surface area (Å²) >= 11 is 0. The van der Waals surface area contributed by atoms with E-state index in [-0.39, 0.29) is 6.67 Å². The van der Waals surface area contributed by atoms with Crippen molar-refractivity contribution >= 4 is 38.9 Å². The summed E-state index contributed by atoms with van der Waals surface area (Å²) in [5, 5.41) is 2.33. The van der Waals surface area contributed by atoms with E-state index in [4.69, 9.17) is 9.10 Å². The van der Waals surface area contributed by atoms with Crippen LogP contribution in [0.15, 0.2) is 176 Å². The first-order valence-corrected chi connectivity index (χ1v) is 19.2. The highest BCUT2D eigenvalue weighted by atomic mass is 15.4. The molecule has 4 nitrogen and oxygen atoms in total. The van der Waals surface area contributed by atoms with Crippen LogP contribution in [0.2, 0.25) is 0 Å². The third-order valence-electron chi connectivity index (χ3n) is 12.1. The van der Waals surface area contributed by atoms with Gasteiger partial charge in [0.25, 0.3) is 0 Å². The van der Waals surface area contributed by atoms with E-state index in [1.807, 2.05) is 30.5 Å². The first kappa shape index (κ1) is 29.4. The van der Waals surface area contributed by atoms with E-state index >= 15 is 0 Å². The van der Waals surface area contributed by atoms with Crippen molar-refractivity contribution in [3.63, 3.8) is 0 Å². The minimum absolute atomic E-state index is 0.222. The van der Waals surface area contributed by atoms with Gasteiger partial charge in [-0.1, -0.05) is 121 Å². The van der Waals surface area contributed by atoms with Crippen molar-refractivity contribution in [1.82, 2.24) is 9.55 Å². The second-order valence-corrected chi connectivity index (χ2v) is 15.1. The fourth-order valence-corrected chi connectivity index (χ4v) is 9.78.